The fourth-order valence-corrected chi connectivity index (χ4v) is 3.08. The first-order chi connectivity index (χ1) is 9.33. The van der Waals surface area contributed by atoms with Crippen LogP contribution in [0.5, 0.6) is 0 Å². The van der Waals surface area contributed by atoms with Gasteiger partial charge in [0, 0.05) is 5.03 Å². The molecule has 0 amide bonds. The van der Waals surface area contributed by atoms with Crippen molar-refractivity contribution in [2.24, 2.45) is 5.92 Å². The number of hydrogen-bond donors (Lipinski definition) is 1. The molecule has 0 aliphatic carbocycles. The molecule has 1 aliphatic heterocycles. The van der Waals surface area contributed by atoms with Gasteiger partial charge in [0.1, 0.15) is 0 Å². The molecule has 102 valence electrons. The smallest absolute Gasteiger partial charge is 0.0224 e. The summed E-state index contributed by atoms with van der Waals surface area (Å²) in [5.74, 6) is 0.584. The summed E-state index contributed by atoms with van der Waals surface area (Å²) in [6.07, 6.45) is 6.13. The van der Waals surface area contributed by atoms with E-state index in [0.717, 1.165) is 31.0 Å². The van der Waals surface area contributed by atoms with Gasteiger partial charge in [-0.15, -0.1) is 6.58 Å². The summed E-state index contributed by atoms with van der Waals surface area (Å²) >= 11 is 6.60. The van der Waals surface area contributed by atoms with E-state index in [9.17, 15) is 0 Å². The van der Waals surface area contributed by atoms with Crippen LogP contribution < -0.4 is 5.32 Å². The number of rotatable bonds is 5. The van der Waals surface area contributed by atoms with Crippen molar-refractivity contribution in [1.29, 1.82) is 0 Å². The van der Waals surface area contributed by atoms with Crippen LogP contribution in [0.4, 0.5) is 0 Å². The number of halogens is 1. The third-order valence-corrected chi connectivity index (χ3v) is 4.08. The van der Waals surface area contributed by atoms with E-state index in [1.807, 2.05) is 6.08 Å². The summed E-state index contributed by atoms with van der Waals surface area (Å²) in [6, 6.07) is 10.6. The van der Waals surface area contributed by atoms with Crippen molar-refractivity contribution in [1.82, 2.24) is 5.32 Å². The first kappa shape index (κ1) is 14.4. The average molecular weight is 276 g/mol. The van der Waals surface area contributed by atoms with E-state index in [1.165, 1.54) is 24.0 Å². The van der Waals surface area contributed by atoms with Gasteiger partial charge in [0.05, 0.1) is 0 Å². The highest BCUT2D eigenvalue weighted by molar-refractivity contribution is 6.32. The highest BCUT2D eigenvalue weighted by Gasteiger charge is 2.21. The summed E-state index contributed by atoms with van der Waals surface area (Å²) in [7, 11) is 0. The van der Waals surface area contributed by atoms with E-state index in [0.29, 0.717) is 5.92 Å². The van der Waals surface area contributed by atoms with Gasteiger partial charge in [0.25, 0.3) is 0 Å². The number of nitrogens with one attached hydrogen (secondary N) is 1. The van der Waals surface area contributed by atoms with E-state index in [-0.39, 0.29) is 0 Å². The molecule has 0 atom stereocenters. The van der Waals surface area contributed by atoms with Crippen molar-refractivity contribution >= 4 is 17.2 Å². The molecule has 1 N–H and O–H groups in total. The molecular weight excluding hydrogens is 254 g/mol. The molecule has 2 heteroatoms. The fraction of sp³-hybridized carbons (Fsp3) is 0.412. The molecule has 1 saturated heterocycles. The number of piperidine rings is 1. The molecule has 1 aromatic carbocycles. The van der Waals surface area contributed by atoms with Gasteiger partial charge in [-0.3, -0.25) is 0 Å². The minimum atomic E-state index is 0.584. The van der Waals surface area contributed by atoms with Crippen LogP contribution in [-0.4, -0.2) is 13.1 Å². The first-order valence-corrected chi connectivity index (χ1v) is 7.46. The second kappa shape index (κ2) is 7.52. The van der Waals surface area contributed by atoms with Crippen molar-refractivity contribution in [2.75, 3.05) is 13.1 Å². The number of hydrogen-bond acceptors (Lipinski definition) is 1. The Morgan fingerprint density at radius 3 is 2.58 bits per heavy atom. The van der Waals surface area contributed by atoms with Crippen molar-refractivity contribution in [3.8, 4) is 0 Å². The summed E-state index contributed by atoms with van der Waals surface area (Å²) in [4.78, 5) is 0. The molecule has 2 rings (SSSR count). The van der Waals surface area contributed by atoms with Gasteiger partial charge in [0.2, 0.25) is 0 Å². The second-order valence-electron chi connectivity index (χ2n) is 5.04. The van der Waals surface area contributed by atoms with E-state index < -0.39 is 0 Å². The lowest BCUT2D eigenvalue weighted by Gasteiger charge is -2.27. The largest absolute Gasteiger partial charge is 0.317 e. The summed E-state index contributed by atoms with van der Waals surface area (Å²) in [5, 5.41) is 4.43. The quantitative estimate of drug-likeness (QED) is 0.774. The van der Waals surface area contributed by atoms with Gasteiger partial charge in [-0.1, -0.05) is 48.0 Å². The van der Waals surface area contributed by atoms with Crippen LogP contribution in [0.3, 0.4) is 0 Å². The van der Waals surface area contributed by atoms with Crippen molar-refractivity contribution < 1.29 is 0 Å². The molecule has 0 spiro atoms. The maximum Gasteiger partial charge on any atom is 0.0224 e. The Balaban J connectivity index is 2.29. The molecule has 0 bridgehead atoms. The monoisotopic (exact) mass is 275 g/mol. The van der Waals surface area contributed by atoms with E-state index >= 15 is 0 Å². The van der Waals surface area contributed by atoms with Crippen LogP contribution in [0.15, 0.2) is 48.0 Å². The Morgan fingerprint density at radius 2 is 1.95 bits per heavy atom. The van der Waals surface area contributed by atoms with E-state index in [4.69, 9.17) is 11.6 Å². The van der Waals surface area contributed by atoms with E-state index in [2.05, 4.69) is 42.2 Å². The maximum atomic E-state index is 6.60. The molecule has 19 heavy (non-hydrogen) atoms. The van der Waals surface area contributed by atoms with Gasteiger partial charge in [-0.2, -0.15) is 0 Å². The Labute approximate surface area is 121 Å². The van der Waals surface area contributed by atoms with Crippen LogP contribution in [-0.2, 0) is 0 Å². The van der Waals surface area contributed by atoms with Gasteiger partial charge in [-0.25, -0.2) is 0 Å². The maximum absolute atomic E-state index is 6.60. The van der Waals surface area contributed by atoms with Crippen molar-refractivity contribution in [2.45, 2.75) is 25.7 Å². The summed E-state index contributed by atoms with van der Waals surface area (Å²) < 4.78 is 0. The van der Waals surface area contributed by atoms with Crippen LogP contribution in [0, 0.1) is 5.92 Å². The lowest BCUT2D eigenvalue weighted by atomic mass is 9.85. The lowest BCUT2D eigenvalue weighted by Crippen LogP contribution is -2.28. The van der Waals surface area contributed by atoms with Gasteiger partial charge >= 0.3 is 0 Å². The van der Waals surface area contributed by atoms with Crippen molar-refractivity contribution in [3.63, 3.8) is 0 Å². The average Bonchev–Trinajstić information content (AvgIpc) is 2.47. The number of benzene rings is 1. The highest BCUT2D eigenvalue weighted by Crippen LogP contribution is 2.35. The molecular formula is C17H22ClN. The van der Waals surface area contributed by atoms with Crippen LogP contribution in [0.25, 0.3) is 5.57 Å². The minimum Gasteiger partial charge on any atom is -0.317 e. The molecule has 0 unspecified atom stereocenters. The zero-order valence-electron chi connectivity index (χ0n) is 11.4. The van der Waals surface area contributed by atoms with Gasteiger partial charge in [0.15, 0.2) is 0 Å². The Morgan fingerprint density at radius 1 is 1.26 bits per heavy atom. The topological polar surface area (TPSA) is 12.0 Å². The zero-order valence-corrected chi connectivity index (χ0v) is 12.1. The lowest BCUT2D eigenvalue weighted by molar-refractivity contribution is 0.445. The van der Waals surface area contributed by atoms with Crippen LogP contribution >= 0.6 is 11.6 Å². The van der Waals surface area contributed by atoms with Crippen LogP contribution in [0.1, 0.15) is 31.2 Å². The zero-order chi connectivity index (χ0) is 13.5. The highest BCUT2D eigenvalue weighted by atomic mass is 35.5. The first-order valence-electron chi connectivity index (χ1n) is 7.08. The van der Waals surface area contributed by atoms with Gasteiger partial charge in [-0.05, 0) is 55.8 Å². The summed E-state index contributed by atoms with van der Waals surface area (Å²) in [6.45, 7) is 5.97. The van der Waals surface area contributed by atoms with Crippen LogP contribution in [0.2, 0.25) is 0 Å². The third-order valence-electron chi connectivity index (χ3n) is 3.69. The molecule has 1 nitrogen and oxygen atoms in total. The van der Waals surface area contributed by atoms with E-state index in [1.54, 1.807) is 0 Å². The molecule has 0 saturated carbocycles. The normalized spacial score (nSPS) is 17.9. The fourth-order valence-electron chi connectivity index (χ4n) is 2.71. The van der Waals surface area contributed by atoms with Gasteiger partial charge < -0.3 is 5.32 Å². The Kier molecular flexibility index (Phi) is 5.68. The molecule has 1 aliphatic rings. The third kappa shape index (κ3) is 3.95. The predicted molar refractivity (Wildman–Crippen MR) is 84.2 cm³/mol. The predicted octanol–water partition coefficient (Wildman–Crippen LogP) is 4.60. The Hall–Kier alpha value is -1.05. The van der Waals surface area contributed by atoms with Crippen molar-refractivity contribution in [3.05, 3.63) is 53.6 Å². The molecule has 1 heterocycles. The second-order valence-corrected chi connectivity index (χ2v) is 5.49. The Bertz CT molecular complexity index is 430. The molecule has 1 fully saturated rings. The SMILES string of the molecule is C=CCCC(Cl)=C(c1ccccc1)C1CCNCC1. The molecule has 0 radical (unpaired) electrons. The standard InChI is InChI=1S/C17H22ClN/c1-2-3-9-16(18)17(14-7-5-4-6-8-14)15-10-12-19-13-11-15/h2,4-8,15,19H,1,3,9-13H2. The number of allylic oxidation sites excluding steroid dienone is 3. The molecule has 1 aromatic rings. The molecule has 0 aromatic heterocycles. The minimum absolute atomic E-state index is 0.584. The summed E-state index contributed by atoms with van der Waals surface area (Å²) in [5.41, 5.74) is 2.63.